The summed E-state index contributed by atoms with van der Waals surface area (Å²) in [4.78, 5) is 0. The van der Waals surface area contributed by atoms with Crippen LogP contribution in [0.4, 0.5) is 0 Å². The Morgan fingerprint density at radius 3 is 2.53 bits per heavy atom. The van der Waals surface area contributed by atoms with Gasteiger partial charge in [0.1, 0.15) is 0 Å². The molecule has 0 fully saturated rings. The molecule has 2 atom stereocenters. The van der Waals surface area contributed by atoms with Crippen LogP contribution in [0.2, 0.25) is 0 Å². The highest BCUT2D eigenvalue weighted by Gasteiger charge is 2.22. The van der Waals surface area contributed by atoms with Gasteiger partial charge in [0, 0.05) is 5.92 Å². The van der Waals surface area contributed by atoms with Gasteiger partial charge in [0.15, 0.2) is 0 Å². The molecule has 1 aliphatic rings. The standard InChI is InChI=1S/C15H24/c1-6-14-9-7-8-12(4)13(5)15(14)10-11(2)3/h6,10,14-15H,1,7-9H2,2-5H3. The predicted octanol–water partition coefficient (Wildman–Crippen LogP) is 4.89. The Kier molecular flexibility index (Phi) is 4.38. The first-order valence-corrected chi connectivity index (χ1v) is 6.00. The van der Waals surface area contributed by atoms with E-state index in [4.69, 9.17) is 0 Å². The van der Waals surface area contributed by atoms with E-state index >= 15 is 0 Å². The lowest BCUT2D eigenvalue weighted by Crippen LogP contribution is -2.11. The molecule has 1 aliphatic carbocycles. The molecule has 84 valence electrons. The van der Waals surface area contributed by atoms with Crippen LogP contribution in [-0.4, -0.2) is 0 Å². The molecule has 0 spiro atoms. The second-order valence-electron chi connectivity index (χ2n) is 5.02. The monoisotopic (exact) mass is 204 g/mol. The van der Waals surface area contributed by atoms with Crippen LogP contribution in [0.5, 0.6) is 0 Å². The Bertz CT molecular complexity index is 287. The molecule has 0 aromatic heterocycles. The Hall–Kier alpha value is -0.780. The molecule has 0 radical (unpaired) electrons. The molecule has 0 heteroatoms. The van der Waals surface area contributed by atoms with Gasteiger partial charge < -0.3 is 0 Å². The first-order valence-electron chi connectivity index (χ1n) is 6.00. The van der Waals surface area contributed by atoms with E-state index in [1.165, 1.54) is 24.8 Å². The minimum Gasteiger partial charge on any atom is -0.103 e. The lowest BCUT2D eigenvalue weighted by molar-refractivity contribution is 0.495. The van der Waals surface area contributed by atoms with E-state index in [1.54, 1.807) is 11.1 Å². The summed E-state index contributed by atoms with van der Waals surface area (Å²) in [6.07, 6.45) is 8.42. The highest BCUT2D eigenvalue weighted by atomic mass is 14.3. The zero-order valence-electron chi connectivity index (χ0n) is 10.6. The van der Waals surface area contributed by atoms with Crippen molar-refractivity contribution >= 4 is 0 Å². The van der Waals surface area contributed by atoms with Crippen molar-refractivity contribution in [3.05, 3.63) is 35.5 Å². The van der Waals surface area contributed by atoms with Crippen LogP contribution >= 0.6 is 0 Å². The van der Waals surface area contributed by atoms with Gasteiger partial charge in [0.05, 0.1) is 0 Å². The van der Waals surface area contributed by atoms with Crippen LogP contribution < -0.4 is 0 Å². The van der Waals surface area contributed by atoms with Gasteiger partial charge in [-0.2, -0.15) is 0 Å². The van der Waals surface area contributed by atoms with E-state index in [9.17, 15) is 0 Å². The maximum absolute atomic E-state index is 3.99. The van der Waals surface area contributed by atoms with E-state index in [0.717, 1.165) is 0 Å². The number of allylic oxidation sites excluding steroid dienone is 5. The number of rotatable bonds is 2. The molecule has 0 heterocycles. The molecule has 0 bridgehead atoms. The summed E-state index contributed by atoms with van der Waals surface area (Å²) >= 11 is 0. The zero-order chi connectivity index (χ0) is 11.4. The molecule has 0 aromatic rings. The molecular formula is C15H24. The number of hydrogen-bond acceptors (Lipinski definition) is 0. The molecule has 0 saturated heterocycles. The first kappa shape index (κ1) is 12.3. The largest absolute Gasteiger partial charge is 0.103 e. The van der Waals surface area contributed by atoms with Crippen LogP contribution in [0.15, 0.2) is 35.5 Å². The van der Waals surface area contributed by atoms with Crippen molar-refractivity contribution in [1.82, 2.24) is 0 Å². The average molecular weight is 204 g/mol. The third-order valence-corrected chi connectivity index (χ3v) is 3.54. The van der Waals surface area contributed by atoms with Crippen molar-refractivity contribution in [2.24, 2.45) is 11.8 Å². The summed E-state index contributed by atoms with van der Waals surface area (Å²) < 4.78 is 0. The van der Waals surface area contributed by atoms with Gasteiger partial charge in [-0.05, 0) is 52.9 Å². The van der Waals surface area contributed by atoms with Gasteiger partial charge in [-0.25, -0.2) is 0 Å². The fourth-order valence-electron chi connectivity index (χ4n) is 2.46. The molecule has 0 nitrogen and oxygen atoms in total. The molecule has 0 aromatic carbocycles. The Morgan fingerprint density at radius 2 is 2.00 bits per heavy atom. The molecule has 15 heavy (non-hydrogen) atoms. The van der Waals surface area contributed by atoms with Crippen molar-refractivity contribution in [2.75, 3.05) is 0 Å². The van der Waals surface area contributed by atoms with Crippen molar-refractivity contribution < 1.29 is 0 Å². The van der Waals surface area contributed by atoms with Gasteiger partial charge in [-0.1, -0.05) is 28.9 Å². The van der Waals surface area contributed by atoms with E-state index in [2.05, 4.69) is 46.4 Å². The maximum Gasteiger partial charge on any atom is 0.00417 e. The van der Waals surface area contributed by atoms with E-state index in [-0.39, 0.29) is 0 Å². The molecule has 0 saturated carbocycles. The summed E-state index contributed by atoms with van der Waals surface area (Å²) in [5, 5.41) is 0. The topological polar surface area (TPSA) is 0 Å². The lowest BCUT2D eigenvalue weighted by Gasteiger charge is -2.21. The van der Waals surface area contributed by atoms with Crippen LogP contribution in [0.25, 0.3) is 0 Å². The van der Waals surface area contributed by atoms with Gasteiger partial charge in [-0.3, -0.25) is 0 Å². The van der Waals surface area contributed by atoms with Gasteiger partial charge in [0.25, 0.3) is 0 Å². The second kappa shape index (κ2) is 5.34. The Morgan fingerprint density at radius 1 is 1.33 bits per heavy atom. The Balaban J connectivity index is 3.04. The van der Waals surface area contributed by atoms with E-state index < -0.39 is 0 Å². The van der Waals surface area contributed by atoms with Crippen LogP contribution in [0.1, 0.15) is 47.0 Å². The summed E-state index contributed by atoms with van der Waals surface area (Å²) in [5.41, 5.74) is 4.57. The summed E-state index contributed by atoms with van der Waals surface area (Å²) in [6.45, 7) is 12.9. The van der Waals surface area contributed by atoms with Crippen molar-refractivity contribution in [1.29, 1.82) is 0 Å². The predicted molar refractivity (Wildman–Crippen MR) is 68.8 cm³/mol. The van der Waals surface area contributed by atoms with Gasteiger partial charge in [0.2, 0.25) is 0 Å². The first-order chi connectivity index (χ1) is 7.06. The zero-order valence-corrected chi connectivity index (χ0v) is 10.6. The molecular weight excluding hydrogens is 180 g/mol. The van der Waals surface area contributed by atoms with E-state index in [0.29, 0.717) is 11.8 Å². The van der Waals surface area contributed by atoms with Crippen LogP contribution in [-0.2, 0) is 0 Å². The van der Waals surface area contributed by atoms with Gasteiger partial charge in [-0.15, -0.1) is 6.58 Å². The van der Waals surface area contributed by atoms with Crippen LogP contribution in [0.3, 0.4) is 0 Å². The summed E-state index contributed by atoms with van der Waals surface area (Å²) in [5.74, 6) is 1.23. The minimum atomic E-state index is 0.593. The number of hydrogen-bond donors (Lipinski definition) is 0. The van der Waals surface area contributed by atoms with Crippen molar-refractivity contribution in [3.63, 3.8) is 0 Å². The smallest absolute Gasteiger partial charge is 0.00417 e. The fourth-order valence-corrected chi connectivity index (χ4v) is 2.46. The SMILES string of the molecule is C=CC1CCCC(C)=C(C)C1C=C(C)C. The average Bonchev–Trinajstić information content (AvgIpc) is 2.30. The lowest BCUT2D eigenvalue weighted by atomic mass is 9.83. The normalized spacial score (nSPS) is 27.2. The van der Waals surface area contributed by atoms with Crippen LogP contribution in [0, 0.1) is 11.8 Å². The summed E-state index contributed by atoms with van der Waals surface area (Å²) in [7, 11) is 0. The van der Waals surface area contributed by atoms with Gasteiger partial charge >= 0.3 is 0 Å². The molecule has 2 unspecified atom stereocenters. The minimum absolute atomic E-state index is 0.593. The van der Waals surface area contributed by atoms with E-state index in [1.807, 2.05) is 0 Å². The highest BCUT2D eigenvalue weighted by Crippen LogP contribution is 2.35. The second-order valence-corrected chi connectivity index (χ2v) is 5.02. The summed E-state index contributed by atoms with van der Waals surface area (Å²) in [6, 6.07) is 0. The fraction of sp³-hybridized carbons (Fsp3) is 0.600. The van der Waals surface area contributed by atoms with Crippen molar-refractivity contribution in [3.8, 4) is 0 Å². The Labute approximate surface area is 94.8 Å². The molecule has 0 amide bonds. The molecule has 0 N–H and O–H groups in total. The van der Waals surface area contributed by atoms with Crippen molar-refractivity contribution in [2.45, 2.75) is 47.0 Å². The molecule has 1 rings (SSSR count). The highest BCUT2D eigenvalue weighted by molar-refractivity contribution is 5.23. The quantitative estimate of drug-likeness (QED) is 0.562. The molecule has 0 aliphatic heterocycles. The maximum atomic E-state index is 3.99. The third kappa shape index (κ3) is 3.09. The third-order valence-electron chi connectivity index (χ3n) is 3.54.